The summed E-state index contributed by atoms with van der Waals surface area (Å²) in [4.78, 5) is 20.7. The fourth-order valence-electron chi connectivity index (χ4n) is 2.02. The van der Waals surface area contributed by atoms with Gasteiger partial charge in [-0.25, -0.2) is 4.98 Å². The first kappa shape index (κ1) is 14.4. The first-order valence-electron chi connectivity index (χ1n) is 7.02. The SMILES string of the molecule is O=C(CCc1csc(-c2ccccn2)n1)Nc1ccccc1. The summed E-state index contributed by atoms with van der Waals surface area (Å²) in [5.74, 6) is -0.00131. The Labute approximate surface area is 132 Å². The number of pyridine rings is 1. The summed E-state index contributed by atoms with van der Waals surface area (Å²) in [6.07, 6.45) is 2.80. The summed E-state index contributed by atoms with van der Waals surface area (Å²) in [7, 11) is 0. The third-order valence-electron chi connectivity index (χ3n) is 3.10. The number of carbonyl (C=O) groups is 1. The summed E-state index contributed by atoms with van der Waals surface area (Å²) in [6.45, 7) is 0. The molecule has 0 fully saturated rings. The van der Waals surface area contributed by atoms with Crippen LogP contribution in [0.25, 0.3) is 10.7 Å². The van der Waals surface area contributed by atoms with Gasteiger partial charge in [0.15, 0.2) is 0 Å². The van der Waals surface area contributed by atoms with Crippen LogP contribution in [0.1, 0.15) is 12.1 Å². The highest BCUT2D eigenvalue weighted by Crippen LogP contribution is 2.22. The molecular weight excluding hydrogens is 294 g/mol. The van der Waals surface area contributed by atoms with Gasteiger partial charge in [0, 0.05) is 23.7 Å². The summed E-state index contributed by atoms with van der Waals surface area (Å²) < 4.78 is 0. The summed E-state index contributed by atoms with van der Waals surface area (Å²) in [5, 5.41) is 5.75. The van der Waals surface area contributed by atoms with Gasteiger partial charge in [-0.15, -0.1) is 11.3 Å². The van der Waals surface area contributed by atoms with Crippen LogP contribution in [0.3, 0.4) is 0 Å². The third-order valence-corrected chi connectivity index (χ3v) is 4.02. The Balaban J connectivity index is 1.56. The smallest absolute Gasteiger partial charge is 0.224 e. The number of carbonyl (C=O) groups excluding carboxylic acids is 1. The zero-order chi connectivity index (χ0) is 15.2. The summed E-state index contributed by atoms with van der Waals surface area (Å²) in [6, 6.07) is 15.2. The van der Waals surface area contributed by atoms with Crippen molar-refractivity contribution in [2.75, 3.05) is 5.32 Å². The Kier molecular flexibility index (Phi) is 4.56. The summed E-state index contributed by atoms with van der Waals surface area (Å²) >= 11 is 1.55. The maximum absolute atomic E-state index is 11.9. The molecule has 0 spiro atoms. The van der Waals surface area contributed by atoms with Gasteiger partial charge in [-0.05, 0) is 30.7 Å². The molecule has 0 aliphatic heterocycles. The van der Waals surface area contributed by atoms with Crippen molar-refractivity contribution >= 4 is 22.9 Å². The Bertz CT molecular complexity index is 741. The number of nitrogens with zero attached hydrogens (tertiary/aromatic N) is 2. The number of aryl methyl sites for hydroxylation is 1. The lowest BCUT2D eigenvalue weighted by Gasteiger charge is -2.03. The van der Waals surface area contributed by atoms with Crippen molar-refractivity contribution in [3.63, 3.8) is 0 Å². The van der Waals surface area contributed by atoms with Crippen molar-refractivity contribution in [2.45, 2.75) is 12.8 Å². The molecule has 0 unspecified atom stereocenters. The van der Waals surface area contributed by atoms with Crippen molar-refractivity contribution in [2.24, 2.45) is 0 Å². The van der Waals surface area contributed by atoms with Crippen LogP contribution < -0.4 is 5.32 Å². The average molecular weight is 309 g/mol. The van der Waals surface area contributed by atoms with Crippen LogP contribution in [0.4, 0.5) is 5.69 Å². The largest absolute Gasteiger partial charge is 0.326 e. The molecule has 110 valence electrons. The number of amides is 1. The van der Waals surface area contributed by atoms with Crippen molar-refractivity contribution in [3.8, 4) is 10.7 Å². The van der Waals surface area contributed by atoms with E-state index in [9.17, 15) is 4.79 Å². The second-order valence-electron chi connectivity index (χ2n) is 4.77. The first-order valence-corrected chi connectivity index (χ1v) is 7.90. The molecule has 0 radical (unpaired) electrons. The molecule has 22 heavy (non-hydrogen) atoms. The Morgan fingerprint density at radius 1 is 1.09 bits per heavy atom. The molecule has 4 nitrogen and oxygen atoms in total. The van der Waals surface area contributed by atoms with Crippen LogP contribution in [-0.2, 0) is 11.2 Å². The zero-order valence-electron chi connectivity index (χ0n) is 11.9. The van der Waals surface area contributed by atoms with Gasteiger partial charge in [-0.3, -0.25) is 9.78 Å². The van der Waals surface area contributed by atoms with E-state index < -0.39 is 0 Å². The minimum atomic E-state index is -0.00131. The molecular formula is C17H15N3OS. The molecule has 5 heteroatoms. The van der Waals surface area contributed by atoms with Gasteiger partial charge in [-0.1, -0.05) is 24.3 Å². The zero-order valence-corrected chi connectivity index (χ0v) is 12.7. The Morgan fingerprint density at radius 3 is 2.68 bits per heavy atom. The lowest BCUT2D eigenvalue weighted by molar-refractivity contribution is -0.116. The molecule has 1 aromatic carbocycles. The van der Waals surface area contributed by atoms with E-state index in [2.05, 4.69) is 15.3 Å². The predicted octanol–water partition coefficient (Wildman–Crippen LogP) is 3.78. The van der Waals surface area contributed by atoms with Crippen molar-refractivity contribution in [3.05, 3.63) is 65.8 Å². The normalized spacial score (nSPS) is 10.4. The fraction of sp³-hybridized carbons (Fsp3) is 0.118. The number of rotatable bonds is 5. The van der Waals surface area contributed by atoms with Crippen LogP contribution in [-0.4, -0.2) is 15.9 Å². The molecule has 3 aromatic rings. The standard InChI is InChI=1S/C17H15N3OS/c21-16(19-13-6-2-1-3-7-13)10-9-14-12-22-17(20-14)15-8-4-5-11-18-15/h1-8,11-12H,9-10H2,(H,19,21). The second kappa shape index (κ2) is 6.95. The molecule has 0 bridgehead atoms. The predicted molar refractivity (Wildman–Crippen MR) is 88.7 cm³/mol. The number of hydrogen-bond donors (Lipinski definition) is 1. The topological polar surface area (TPSA) is 54.9 Å². The van der Waals surface area contributed by atoms with Crippen molar-refractivity contribution in [1.82, 2.24) is 9.97 Å². The molecule has 0 saturated heterocycles. The molecule has 0 aliphatic carbocycles. The number of nitrogens with one attached hydrogen (secondary N) is 1. The molecule has 2 aromatic heterocycles. The van der Waals surface area contributed by atoms with Gasteiger partial charge in [0.1, 0.15) is 5.01 Å². The van der Waals surface area contributed by atoms with Gasteiger partial charge in [0.2, 0.25) is 5.91 Å². The van der Waals surface area contributed by atoms with E-state index in [1.807, 2.05) is 53.9 Å². The maximum Gasteiger partial charge on any atom is 0.224 e. The molecule has 1 N–H and O–H groups in total. The number of benzene rings is 1. The number of thiazole rings is 1. The van der Waals surface area contributed by atoms with Gasteiger partial charge >= 0.3 is 0 Å². The Hall–Kier alpha value is -2.53. The maximum atomic E-state index is 11.9. The van der Waals surface area contributed by atoms with E-state index in [4.69, 9.17) is 0 Å². The molecule has 2 heterocycles. The van der Waals surface area contributed by atoms with Crippen LogP contribution in [0.5, 0.6) is 0 Å². The van der Waals surface area contributed by atoms with Crippen LogP contribution in [0.15, 0.2) is 60.1 Å². The van der Waals surface area contributed by atoms with E-state index in [-0.39, 0.29) is 5.91 Å². The molecule has 0 atom stereocenters. The van der Waals surface area contributed by atoms with Crippen LogP contribution >= 0.6 is 11.3 Å². The quantitative estimate of drug-likeness (QED) is 0.780. The Morgan fingerprint density at radius 2 is 1.91 bits per heavy atom. The van der Waals surface area contributed by atoms with Crippen LogP contribution in [0, 0.1) is 0 Å². The third kappa shape index (κ3) is 3.77. The van der Waals surface area contributed by atoms with Crippen molar-refractivity contribution in [1.29, 1.82) is 0 Å². The van der Waals surface area contributed by atoms with Crippen molar-refractivity contribution < 1.29 is 4.79 Å². The minimum Gasteiger partial charge on any atom is -0.326 e. The number of aromatic nitrogens is 2. The molecule has 0 saturated carbocycles. The average Bonchev–Trinajstić information content (AvgIpc) is 3.04. The van der Waals surface area contributed by atoms with Gasteiger partial charge < -0.3 is 5.32 Å². The highest BCUT2D eigenvalue weighted by atomic mass is 32.1. The fourth-order valence-corrected chi connectivity index (χ4v) is 2.84. The second-order valence-corrected chi connectivity index (χ2v) is 5.63. The molecule has 3 rings (SSSR count). The minimum absolute atomic E-state index is 0.00131. The first-order chi connectivity index (χ1) is 10.8. The lowest BCUT2D eigenvalue weighted by atomic mass is 10.2. The monoisotopic (exact) mass is 309 g/mol. The highest BCUT2D eigenvalue weighted by Gasteiger charge is 2.08. The molecule has 0 aliphatic rings. The lowest BCUT2D eigenvalue weighted by Crippen LogP contribution is -2.12. The van der Waals surface area contributed by atoms with E-state index in [0.717, 1.165) is 22.1 Å². The van der Waals surface area contributed by atoms with Crippen LogP contribution in [0.2, 0.25) is 0 Å². The van der Waals surface area contributed by atoms with E-state index in [0.29, 0.717) is 12.8 Å². The highest BCUT2D eigenvalue weighted by molar-refractivity contribution is 7.13. The summed E-state index contributed by atoms with van der Waals surface area (Å²) in [5.41, 5.74) is 2.61. The molecule has 1 amide bonds. The van der Waals surface area contributed by atoms with Gasteiger partial charge in [-0.2, -0.15) is 0 Å². The van der Waals surface area contributed by atoms with E-state index in [1.165, 1.54) is 0 Å². The van der Waals surface area contributed by atoms with E-state index >= 15 is 0 Å². The number of para-hydroxylation sites is 1. The van der Waals surface area contributed by atoms with Gasteiger partial charge in [0.25, 0.3) is 0 Å². The number of anilines is 1. The van der Waals surface area contributed by atoms with E-state index in [1.54, 1.807) is 17.5 Å². The number of hydrogen-bond acceptors (Lipinski definition) is 4. The van der Waals surface area contributed by atoms with Gasteiger partial charge in [0.05, 0.1) is 11.4 Å².